The average Bonchev–Trinajstić information content (AvgIpc) is 3.16. The first-order valence-corrected chi connectivity index (χ1v) is 7.83. The lowest BCUT2D eigenvalue weighted by Gasteiger charge is -2.21. The van der Waals surface area contributed by atoms with Crippen molar-refractivity contribution in [3.63, 3.8) is 0 Å². The lowest BCUT2D eigenvalue weighted by atomic mass is 10.0. The van der Waals surface area contributed by atoms with Gasteiger partial charge in [-0.05, 0) is 44.7 Å². The van der Waals surface area contributed by atoms with Gasteiger partial charge in [-0.2, -0.15) is 0 Å². The van der Waals surface area contributed by atoms with Crippen molar-refractivity contribution in [3.05, 3.63) is 47.2 Å². The van der Waals surface area contributed by atoms with Crippen LogP contribution in [-0.4, -0.2) is 28.0 Å². The van der Waals surface area contributed by atoms with Crippen LogP contribution in [0.3, 0.4) is 0 Å². The van der Waals surface area contributed by atoms with Crippen LogP contribution in [0.1, 0.15) is 41.5 Å². The van der Waals surface area contributed by atoms with Crippen LogP contribution in [0.2, 0.25) is 0 Å². The third-order valence-electron chi connectivity index (χ3n) is 4.62. The molecule has 4 rings (SSSR count). The van der Waals surface area contributed by atoms with Crippen LogP contribution in [0.25, 0.3) is 0 Å². The molecule has 0 radical (unpaired) electrons. The maximum absolute atomic E-state index is 4.75. The summed E-state index contributed by atoms with van der Waals surface area (Å²) in [5, 5.41) is 0. The molecule has 1 fully saturated rings. The molecule has 0 aromatic carbocycles. The Labute approximate surface area is 125 Å². The molecule has 2 aliphatic rings. The van der Waals surface area contributed by atoms with Crippen molar-refractivity contribution >= 4 is 5.82 Å². The summed E-state index contributed by atoms with van der Waals surface area (Å²) in [6, 6.07) is 6.21. The van der Waals surface area contributed by atoms with Crippen LogP contribution in [-0.2, 0) is 12.8 Å². The molecule has 0 spiro atoms. The molecule has 4 heteroatoms. The van der Waals surface area contributed by atoms with Crippen molar-refractivity contribution in [2.24, 2.45) is 0 Å². The number of fused-ring (bicyclic) bond motifs is 1. The number of rotatable bonds is 2. The van der Waals surface area contributed by atoms with E-state index in [0.29, 0.717) is 5.92 Å². The second kappa shape index (κ2) is 5.10. The van der Waals surface area contributed by atoms with Gasteiger partial charge in [-0.25, -0.2) is 9.97 Å². The fraction of sp³-hybridized carbons (Fsp3) is 0.471. The van der Waals surface area contributed by atoms with E-state index >= 15 is 0 Å². The Morgan fingerprint density at radius 3 is 3.00 bits per heavy atom. The number of hydrogen-bond acceptors (Lipinski definition) is 4. The maximum Gasteiger partial charge on any atom is 0.135 e. The minimum absolute atomic E-state index is 0.526. The van der Waals surface area contributed by atoms with E-state index in [0.717, 1.165) is 38.2 Å². The van der Waals surface area contributed by atoms with Gasteiger partial charge in [0.05, 0.1) is 0 Å². The van der Waals surface area contributed by atoms with E-state index in [1.165, 1.54) is 29.2 Å². The Morgan fingerprint density at radius 2 is 2.14 bits per heavy atom. The second-order valence-electron chi connectivity index (χ2n) is 6.06. The summed E-state index contributed by atoms with van der Waals surface area (Å²) < 4.78 is 0. The molecular formula is C17H20N4. The van der Waals surface area contributed by atoms with Crippen molar-refractivity contribution in [1.29, 1.82) is 0 Å². The average molecular weight is 280 g/mol. The van der Waals surface area contributed by atoms with Gasteiger partial charge in [0.2, 0.25) is 0 Å². The van der Waals surface area contributed by atoms with Crippen molar-refractivity contribution in [3.8, 4) is 0 Å². The first-order valence-electron chi connectivity index (χ1n) is 7.83. The Morgan fingerprint density at radius 1 is 1.19 bits per heavy atom. The number of anilines is 1. The zero-order chi connectivity index (χ0) is 14.2. The summed E-state index contributed by atoms with van der Waals surface area (Å²) in [5.74, 6) is 2.62. The van der Waals surface area contributed by atoms with E-state index in [4.69, 9.17) is 4.98 Å². The summed E-state index contributed by atoms with van der Waals surface area (Å²) in [6.45, 7) is 4.11. The molecule has 108 valence electrons. The van der Waals surface area contributed by atoms with Crippen LogP contribution in [0.15, 0.2) is 24.4 Å². The monoisotopic (exact) mass is 280 g/mol. The molecule has 2 aromatic rings. The quantitative estimate of drug-likeness (QED) is 0.848. The van der Waals surface area contributed by atoms with Crippen LogP contribution in [0.5, 0.6) is 0 Å². The van der Waals surface area contributed by atoms with E-state index in [1.54, 1.807) is 0 Å². The molecule has 1 saturated heterocycles. The van der Waals surface area contributed by atoms with Gasteiger partial charge in [-0.1, -0.05) is 6.07 Å². The highest BCUT2D eigenvalue weighted by atomic mass is 15.2. The Bertz CT molecular complexity index is 653. The SMILES string of the molecule is Cc1nc2c(c(N3CCC(c4ccccn4)C3)n1)CCC2. The van der Waals surface area contributed by atoms with Gasteiger partial charge in [0.1, 0.15) is 11.6 Å². The Hall–Kier alpha value is -1.97. The van der Waals surface area contributed by atoms with Crippen molar-refractivity contribution < 1.29 is 0 Å². The van der Waals surface area contributed by atoms with Crippen LogP contribution < -0.4 is 4.90 Å². The third-order valence-corrected chi connectivity index (χ3v) is 4.62. The standard InChI is InChI=1S/C17H20N4/c1-12-19-16-7-4-5-14(16)17(20-12)21-10-8-13(11-21)15-6-2-3-9-18-15/h2-3,6,9,13H,4-5,7-8,10-11H2,1H3. The molecule has 4 nitrogen and oxygen atoms in total. The highest BCUT2D eigenvalue weighted by molar-refractivity contribution is 5.52. The van der Waals surface area contributed by atoms with E-state index < -0.39 is 0 Å². The van der Waals surface area contributed by atoms with E-state index in [9.17, 15) is 0 Å². The number of aromatic nitrogens is 3. The largest absolute Gasteiger partial charge is 0.356 e. The summed E-state index contributed by atoms with van der Waals surface area (Å²) >= 11 is 0. The molecule has 1 aliphatic carbocycles. The van der Waals surface area contributed by atoms with Gasteiger partial charge in [0.15, 0.2) is 0 Å². The van der Waals surface area contributed by atoms with Gasteiger partial charge in [-0.15, -0.1) is 0 Å². The molecule has 1 unspecified atom stereocenters. The predicted molar refractivity (Wildman–Crippen MR) is 82.6 cm³/mol. The predicted octanol–water partition coefficient (Wildman–Crippen LogP) is 2.66. The molecule has 21 heavy (non-hydrogen) atoms. The number of nitrogens with zero attached hydrogens (tertiary/aromatic N) is 4. The lowest BCUT2D eigenvalue weighted by molar-refractivity contribution is 0.743. The molecule has 3 heterocycles. The number of hydrogen-bond donors (Lipinski definition) is 0. The fourth-order valence-electron chi connectivity index (χ4n) is 3.61. The van der Waals surface area contributed by atoms with Gasteiger partial charge in [-0.3, -0.25) is 4.98 Å². The first kappa shape index (κ1) is 12.7. The van der Waals surface area contributed by atoms with Crippen molar-refractivity contribution in [1.82, 2.24) is 15.0 Å². The molecule has 1 atom stereocenters. The molecular weight excluding hydrogens is 260 g/mol. The zero-order valence-corrected chi connectivity index (χ0v) is 12.4. The van der Waals surface area contributed by atoms with Gasteiger partial charge in [0, 0.05) is 42.2 Å². The zero-order valence-electron chi connectivity index (χ0n) is 12.4. The topological polar surface area (TPSA) is 41.9 Å². The highest BCUT2D eigenvalue weighted by Gasteiger charge is 2.29. The summed E-state index contributed by atoms with van der Waals surface area (Å²) in [4.78, 5) is 16.3. The molecule has 2 aromatic heterocycles. The summed E-state index contributed by atoms with van der Waals surface area (Å²) in [6.07, 6.45) is 6.52. The summed E-state index contributed by atoms with van der Waals surface area (Å²) in [7, 11) is 0. The highest BCUT2D eigenvalue weighted by Crippen LogP contribution is 2.34. The number of pyridine rings is 1. The van der Waals surface area contributed by atoms with Crippen LogP contribution in [0, 0.1) is 6.92 Å². The minimum Gasteiger partial charge on any atom is -0.356 e. The molecule has 0 amide bonds. The van der Waals surface area contributed by atoms with Crippen molar-refractivity contribution in [2.75, 3.05) is 18.0 Å². The third kappa shape index (κ3) is 2.28. The van der Waals surface area contributed by atoms with Gasteiger partial charge < -0.3 is 4.90 Å². The van der Waals surface area contributed by atoms with Crippen molar-refractivity contribution in [2.45, 2.75) is 38.5 Å². The minimum atomic E-state index is 0.526. The lowest BCUT2D eigenvalue weighted by Crippen LogP contribution is -2.23. The molecule has 0 N–H and O–H groups in total. The van der Waals surface area contributed by atoms with Gasteiger partial charge >= 0.3 is 0 Å². The fourth-order valence-corrected chi connectivity index (χ4v) is 3.61. The second-order valence-corrected chi connectivity index (χ2v) is 6.06. The maximum atomic E-state index is 4.75. The molecule has 1 aliphatic heterocycles. The Balaban J connectivity index is 1.62. The van der Waals surface area contributed by atoms with E-state index in [1.807, 2.05) is 19.2 Å². The van der Waals surface area contributed by atoms with E-state index in [2.05, 4.69) is 27.0 Å². The normalized spacial score (nSPS) is 20.8. The van der Waals surface area contributed by atoms with Gasteiger partial charge in [0.25, 0.3) is 0 Å². The molecule has 0 bridgehead atoms. The smallest absolute Gasteiger partial charge is 0.135 e. The summed E-state index contributed by atoms with van der Waals surface area (Å²) in [5.41, 5.74) is 3.88. The van der Waals surface area contributed by atoms with Crippen LogP contribution >= 0.6 is 0 Å². The van der Waals surface area contributed by atoms with Crippen LogP contribution in [0.4, 0.5) is 5.82 Å². The Kier molecular flexibility index (Phi) is 3.09. The first-order chi connectivity index (χ1) is 10.3. The molecule has 0 saturated carbocycles. The number of aryl methyl sites for hydroxylation is 2. The van der Waals surface area contributed by atoms with E-state index in [-0.39, 0.29) is 0 Å².